The lowest BCUT2D eigenvalue weighted by molar-refractivity contribution is 0.667. The van der Waals surface area contributed by atoms with Crippen LogP contribution in [0.25, 0.3) is 100 Å². The number of benzene rings is 7. The van der Waals surface area contributed by atoms with E-state index in [1.807, 2.05) is 24.3 Å². The quantitative estimate of drug-likeness (QED) is 0.183. The SMILES string of the molecule is c1ccc(-c2cccc(-c3nc(-c4cccc5c4Sc4cccc6c7c8ccccc8n(-c8ccccc8)c7n-5c46)nc4c3oc3ccccc34)c2)cc1. The summed E-state index contributed by atoms with van der Waals surface area (Å²) in [5, 5.41) is 4.72. The van der Waals surface area contributed by atoms with Crippen LogP contribution in [-0.2, 0) is 0 Å². The summed E-state index contributed by atoms with van der Waals surface area (Å²) in [4.78, 5) is 13.1. The summed E-state index contributed by atoms with van der Waals surface area (Å²) in [6.07, 6.45) is 0. The zero-order valence-corrected chi connectivity index (χ0v) is 29.6. The first kappa shape index (κ1) is 29.7. The molecule has 0 fully saturated rings. The van der Waals surface area contributed by atoms with Gasteiger partial charge in [0.25, 0.3) is 0 Å². The molecule has 1 aliphatic rings. The molecule has 5 heterocycles. The number of hydrogen-bond donors (Lipinski definition) is 0. The Balaban J connectivity index is 1.15. The van der Waals surface area contributed by atoms with E-state index in [2.05, 4.69) is 155 Å². The molecule has 0 radical (unpaired) electrons. The maximum Gasteiger partial charge on any atom is 0.180 e. The van der Waals surface area contributed by atoms with Crippen molar-refractivity contribution in [3.63, 3.8) is 0 Å². The van der Waals surface area contributed by atoms with E-state index in [4.69, 9.17) is 14.4 Å². The third kappa shape index (κ3) is 4.17. The van der Waals surface area contributed by atoms with Crippen LogP contribution >= 0.6 is 11.8 Å². The van der Waals surface area contributed by atoms with Gasteiger partial charge in [0.2, 0.25) is 0 Å². The average Bonchev–Trinajstić information content (AvgIpc) is 3.90. The van der Waals surface area contributed by atoms with E-state index in [9.17, 15) is 0 Å². The van der Waals surface area contributed by atoms with Crippen molar-refractivity contribution in [1.29, 1.82) is 0 Å². The number of rotatable bonds is 4. The number of furan rings is 1. The maximum atomic E-state index is 6.56. The van der Waals surface area contributed by atoms with Gasteiger partial charge in [-0.1, -0.05) is 127 Å². The molecule has 0 aliphatic carbocycles. The van der Waals surface area contributed by atoms with Gasteiger partial charge in [-0.25, -0.2) is 9.97 Å². The van der Waals surface area contributed by atoms with Crippen LogP contribution in [0, 0.1) is 0 Å². The summed E-state index contributed by atoms with van der Waals surface area (Å²) in [5.74, 6) is 0.668. The predicted molar refractivity (Wildman–Crippen MR) is 221 cm³/mol. The van der Waals surface area contributed by atoms with Crippen LogP contribution in [0.3, 0.4) is 0 Å². The molecule has 0 bridgehead atoms. The van der Waals surface area contributed by atoms with Gasteiger partial charge in [-0.15, -0.1) is 0 Å². The Labute approximate surface area is 313 Å². The Kier molecular flexibility index (Phi) is 6.21. The average molecular weight is 709 g/mol. The van der Waals surface area contributed by atoms with Crippen LogP contribution in [0.4, 0.5) is 0 Å². The van der Waals surface area contributed by atoms with Crippen molar-refractivity contribution < 1.29 is 4.42 Å². The Morgan fingerprint density at radius 2 is 1.24 bits per heavy atom. The predicted octanol–water partition coefficient (Wildman–Crippen LogP) is 12.9. The van der Waals surface area contributed by atoms with Gasteiger partial charge in [0.15, 0.2) is 11.4 Å². The summed E-state index contributed by atoms with van der Waals surface area (Å²) >= 11 is 1.80. The van der Waals surface area contributed by atoms with Crippen LogP contribution < -0.4 is 0 Å². The van der Waals surface area contributed by atoms with Crippen molar-refractivity contribution in [3.05, 3.63) is 170 Å². The summed E-state index contributed by atoms with van der Waals surface area (Å²) in [6.45, 7) is 0. The fraction of sp³-hybridized carbons (Fsp3) is 0. The molecule has 11 aromatic rings. The number of para-hydroxylation sites is 4. The minimum absolute atomic E-state index is 0.668. The lowest BCUT2D eigenvalue weighted by Crippen LogP contribution is -2.07. The number of nitrogens with zero attached hydrogens (tertiary/aromatic N) is 4. The van der Waals surface area contributed by atoms with Gasteiger partial charge in [0, 0.05) is 48.2 Å². The van der Waals surface area contributed by atoms with Crippen molar-refractivity contribution in [2.24, 2.45) is 0 Å². The van der Waals surface area contributed by atoms with E-state index < -0.39 is 0 Å². The summed E-state index contributed by atoms with van der Waals surface area (Å²) in [7, 11) is 0. The van der Waals surface area contributed by atoms with E-state index in [0.29, 0.717) is 11.4 Å². The molecular formula is C48H28N4OS. The lowest BCUT2D eigenvalue weighted by atomic mass is 10.0. The molecule has 6 heteroatoms. The van der Waals surface area contributed by atoms with E-state index in [-0.39, 0.29) is 0 Å². The van der Waals surface area contributed by atoms with Gasteiger partial charge in [-0.3, -0.25) is 9.13 Å². The smallest absolute Gasteiger partial charge is 0.180 e. The van der Waals surface area contributed by atoms with Crippen LogP contribution in [-0.4, -0.2) is 19.1 Å². The molecule has 5 nitrogen and oxygen atoms in total. The molecule has 7 aromatic carbocycles. The first-order chi connectivity index (χ1) is 26.8. The molecule has 4 aromatic heterocycles. The number of hydrogen-bond acceptors (Lipinski definition) is 4. The van der Waals surface area contributed by atoms with Gasteiger partial charge in [-0.2, -0.15) is 0 Å². The summed E-state index contributed by atoms with van der Waals surface area (Å²) in [5.41, 5.74) is 13.1. The van der Waals surface area contributed by atoms with Crippen molar-refractivity contribution in [1.82, 2.24) is 19.1 Å². The summed E-state index contributed by atoms with van der Waals surface area (Å²) in [6, 6.07) is 59.9. The van der Waals surface area contributed by atoms with Gasteiger partial charge in [-0.05, 0) is 65.7 Å². The molecule has 1 aliphatic heterocycles. The molecule has 0 saturated carbocycles. The molecule has 252 valence electrons. The van der Waals surface area contributed by atoms with E-state index >= 15 is 0 Å². The van der Waals surface area contributed by atoms with Crippen molar-refractivity contribution in [2.45, 2.75) is 9.79 Å². The maximum absolute atomic E-state index is 6.56. The van der Waals surface area contributed by atoms with Gasteiger partial charge in [0.05, 0.1) is 16.7 Å². The largest absolute Gasteiger partial charge is 0.452 e. The zero-order valence-electron chi connectivity index (χ0n) is 28.8. The third-order valence-corrected chi connectivity index (χ3v) is 11.9. The van der Waals surface area contributed by atoms with Crippen LogP contribution in [0.5, 0.6) is 0 Å². The standard InChI is InChI=1S/C48H28N4OS/c1-3-14-29(15-4-1)30-16-11-17-31(28-30)42-45-43(34-21-8-10-26-39(34)53-45)50-47(49-42)36-23-12-25-38-46(36)54-40-27-13-22-35-41-33-20-7-9-24-37(33)51(32-18-5-2-6-19-32)48(41)52(38)44(35)40/h1-28H. The fourth-order valence-electron chi connectivity index (χ4n) is 8.40. The molecule has 0 amide bonds. The second kappa shape index (κ2) is 11.3. The first-order valence-electron chi connectivity index (χ1n) is 18.1. The molecule has 54 heavy (non-hydrogen) atoms. The second-order valence-electron chi connectivity index (χ2n) is 13.7. The Morgan fingerprint density at radius 3 is 2.13 bits per heavy atom. The monoisotopic (exact) mass is 708 g/mol. The molecule has 0 atom stereocenters. The Morgan fingerprint density at radius 1 is 0.537 bits per heavy atom. The lowest BCUT2D eigenvalue weighted by Gasteiger charge is -2.23. The minimum atomic E-state index is 0.668. The molecule has 0 saturated heterocycles. The topological polar surface area (TPSA) is 48.8 Å². The highest BCUT2D eigenvalue weighted by atomic mass is 32.2. The van der Waals surface area contributed by atoms with Gasteiger partial charge in [0.1, 0.15) is 22.4 Å². The van der Waals surface area contributed by atoms with Crippen molar-refractivity contribution >= 4 is 66.7 Å². The number of fused-ring (bicyclic) bond motifs is 10. The molecule has 0 spiro atoms. The second-order valence-corrected chi connectivity index (χ2v) is 14.8. The van der Waals surface area contributed by atoms with E-state index in [1.165, 1.54) is 32.1 Å². The Bertz CT molecular complexity index is 3300. The highest BCUT2D eigenvalue weighted by Gasteiger charge is 2.30. The third-order valence-electron chi connectivity index (χ3n) is 10.7. The zero-order chi connectivity index (χ0) is 35.3. The molecule has 0 unspecified atom stereocenters. The first-order valence-corrected chi connectivity index (χ1v) is 18.9. The number of aromatic nitrogens is 4. The molecule has 12 rings (SSSR count). The highest BCUT2D eigenvalue weighted by Crippen LogP contribution is 2.52. The van der Waals surface area contributed by atoms with E-state index in [1.54, 1.807) is 11.8 Å². The molecular weight excluding hydrogens is 681 g/mol. The van der Waals surface area contributed by atoms with Crippen LogP contribution in [0.2, 0.25) is 0 Å². The van der Waals surface area contributed by atoms with Crippen molar-refractivity contribution in [2.75, 3.05) is 0 Å². The van der Waals surface area contributed by atoms with Gasteiger partial charge < -0.3 is 4.42 Å². The van der Waals surface area contributed by atoms with Crippen LogP contribution in [0.15, 0.2) is 184 Å². The highest BCUT2D eigenvalue weighted by molar-refractivity contribution is 8.00. The van der Waals surface area contributed by atoms with E-state index in [0.717, 1.165) is 66.4 Å². The fourth-order valence-corrected chi connectivity index (χ4v) is 9.60. The van der Waals surface area contributed by atoms with Gasteiger partial charge >= 0.3 is 0 Å². The van der Waals surface area contributed by atoms with Crippen LogP contribution in [0.1, 0.15) is 0 Å². The Hall–Kier alpha value is -6.89. The summed E-state index contributed by atoms with van der Waals surface area (Å²) < 4.78 is 11.4. The van der Waals surface area contributed by atoms with Crippen molar-refractivity contribution in [3.8, 4) is 45.1 Å². The minimum Gasteiger partial charge on any atom is -0.452 e. The molecule has 0 N–H and O–H groups in total. The normalized spacial score (nSPS) is 12.4.